The van der Waals surface area contributed by atoms with E-state index in [2.05, 4.69) is 23.3 Å². The molecule has 3 nitrogen and oxygen atoms in total. The average molecular weight is 230 g/mol. The number of nitrogens with one attached hydrogen (secondary N) is 1. The summed E-state index contributed by atoms with van der Waals surface area (Å²) < 4.78 is 5.48. The minimum absolute atomic E-state index is 0.231. The van der Waals surface area contributed by atoms with Gasteiger partial charge < -0.3 is 9.73 Å². The van der Waals surface area contributed by atoms with Crippen LogP contribution in [0.4, 0.5) is 0 Å². The third-order valence-corrected chi connectivity index (χ3v) is 2.69. The highest BCUT2D eigenvalue weighted by Gasteiger charge is 2.13. The van der Waals surface area contributed by atoms with Crippen molar-refractivity contribution in [1.29, 1.82) is 0 Å². The fourth-order valence-corrected chi connectivity index (χ4v) is 1.84. The second kappa shape index (κ2) is 6.21. The van der Waals surface area contributed by atoms with Crippen LogP contribution in [0.2, 0.25) is 0 Å². The van der Waals surface area contributed by atoms with Gasteiger partial charge in [-0.2, -0.15) is 0 Å². The van der Waals surface area contributed by atoms with Crippen LogP contribution in [0, 0.1) is 0 Å². The molecule has 17 heavy (non-hydrogen) atoms. The first-order chi connectivity index (χ1) is 8.40. The zero-order valence-corrected chi connectivity index (χ0v) is 10.1. The van der Waals surface area contributed by atoms with Crippen molar-refractivity contribution in [3.63, 3.8) is 0 Å². The molecule has 3 heteroatoms. The Morgan fingerprint density at radius 1 is 1.35 bits per heavy atom. The van der Waals surface area contributed by atoms with Crippen LogP contribution in [0.3, 0.4) is 0 Å². The van der Waals surface area contributed by atoms with E-state index in [0.717, 1.165) is 25.1 Å². The van der Waals surface area contributed by atoms with Crippen molar-refractivity contribution < 1.29 is 4.42 Å². The van der Waals surface area contributed by atoms with Gasteiger partial charge in [-0.3, -0.25) is 4.98 Å². The van der Waals surface area contributed by atoms with Crippen molar-refractivity contribution in [2.45, 2.75) is 25.8 Å². The molecule has 0 saturated carbocycles. The van der Waals surface area contributed by atoms with Crippen molar-refractivity contribution in [2.75, 3.05) is 6.54 Å². The Hall–Kier alpha value is -1.61. The van der Waals surface area contributed by atoms with Crippen LogP contribution >= 0.6 is 0 Å². The van der Waals surface area contributed by atoms with Gasteiger partial charge in [-0.15, -0.1) is 0 Å². The molecule has 1 N–H and O–H groups in total. The smallest absolute Gasteiger partial charge is 0.121 e. The topological polar surface area (TPSA) is 38.1 Å². The molecule has 0 aliphatic carbocycles. The Kier molecular flexibility index (Phi) is 4.33. The van der Waals surface area contributed by atoms with E-state index in [-0.39, 0.29) is 6.04 Å². The number of rotatable bonds is 6. The minimum Gasteiger partial charge on any atom is -0.468 e. The molecule has 90 valence electrons. The Morgan fingerprint density at radius 3 is 2.94 bits per heavy atom. The second-order valence-electron chi connectivity index (χ2n) is 4.09. The molecule has 0 radical (unpaired) electrons. The van der Waals surface area contributed by atoms with Crippen LogP contribution in [-0.2, 0) is 6.42 Å². The Labute approximate surface area is 102 Å². The third kappa shape index (κ3) is 3.43. The maximum Gasteiger partial charge on any atom is 0.121 e. The van der Waals surface area contributed by atoms with E-state index in [1.807, 2.05) is 24.4 Å². The lowest BCUT2D eigenvalue weighted by Gasteiger charge is -2.16. The van der Waals surface area contributed by atoms with E-state index < -0.39 is 0 Å². The molecule has 0 aliphatic rings. The molecular weight excluding hydrogens is 212 g/mol. The summed E-state index contributed by atoms with van der Waals surface area (Å²) in [5.41, 5.74) is 1.22. The number of nitrogens with zero attached hydrogens (tertiary/aromatic N) is 1. The van der Waals surface area contributed by atoms with Gasteiger partial charge in [-0.25, -0.2) is 0 Å². The van der Waals surface area contributed by atoms with E-state index in [1.165, 1.54) is 5.56 Å². The van der Waals surface area contributed by atoms with Crippen LogP contribution in [0.5, 0.6) is 0 Å². The minimum atomic E-state index is 0.231. The van der Waals surface area contributed by atoms with Gasteiger partial charge in [0.2, 0.25) is 0 Å². The largest absolute Gasteiger partial charge is 0.468 e. The molecule has 1 atom stereocenters. The van der Waals surface area contributed by atoms with Gasteiger partial charge in [0.1, 0.15) is 5.76 Å². The number of furan rings is 1. The molecule has 2 aromatic rings. The van der Waals surface area contributed by atoms with Crippen molar-refractivity contribution in [3.8, 4) is 0 Å². The summed E-state index contributed by atoms with van der Waals surface area (Å²) in [6.07, 6.45) is 7.44. The summed E-state index contributed by atoms with van der Waals surface area (Å²) in [6.45, 7) is 3.15. The van der Waals surface area contributed by atoms with E-state index >= 15 is 0 Å². The van der Waals surface area contributed by atoms with Crippen LogP contribution in [-0.4, -0.2) is 11.5 Å². The fourth-order valence-electron chi connectivity index (χ4n) is 1.84. The summed E-state index contributed by atoms with van der Waals surface area (Å²) in [6, 6.07) is 8.24. The van der Waals surface area contributed by atoms with Gasteiger partial charge in [0.15, 0.2) is 0 Å². The van der Waals surface area contributed by atoms with Crippen LogP contribution in [0.25, 0.3) is 0 Å². The van der Waals surface area contributed by atoms with E-state index in [4.69, 9.17) is 4.42 Å². The van der Waals surface area contributed by atoms with Crippen molar-refractivity contribution in [2.24, 2.45) is 0 Å². The van der Waals surface area contributed by atoms with Crippen molar-refractivity contribution >= 4 is 0 Å². The van der Waals surface area contributed by atoms with Gasteiger partial charge in [-0.1, -0.05) is 13.0 Å². The van der Waals surface area contributed by atoms with Crippen LogP contribution in [0.15, 0.2) is 47.3 Å². The number of hydrogen-bond acceptors (Lipinski definition) is 3. The van der Waals surface area contributed by atoms with E-state index in [1.54, 1.807) is 12.5 Å². The number of pyridine rings is 1. The molecular formula is C14H18N2O. The van der Waals surface area contributed by atoms with Crippen LogP contribution < -0.4 is 5.32 Å². The molecule has 0 aliphatic heterocycles. The normalized spacial score (nSPS) is 12.5. The summed E-state index contributed by atoms with van der Waals surface area (Å²) >= 11 is 0. The Morgan fingerprint density at radius 2 is 2.29 bits per heavy atom. The van der Waals surface area contributed by atoms with Gasteiger partial charge >= 0.3 is 0 Å². The average Bonchev–Trinajstić information content (AvgIpc) is 2.89. The molecule has 2 heterocycles. The molecule has 0 amide bonds. The molecule has 1 unspecified atom stereocenters. The standard InChI is InChI=1S/C14H18N2O/c1-2-7-16-13(14-6-4-9-17-14)10-12-5-3-8-15-11-12/h3-6,8-9,11,13,16H,2,7,10H2,1H3. The van der Waals surface area contributed by atoms with Gasteiger partial charge in [0, 0.05) is 12.4 Å². The molecule has 0 saturated heterocycles. The Balaban J connectivity index is 2.06. The second-order valence-corrected chi connectivity index (χ2v) is 4.09. The zero-order chi connectivity index (χ0) is 11.9. The maximum atomic E-state index is 5.48. The SMILES string of the molecule is CCCNC(Cc1cccnc1)c1ccco1. The molecule has 0 spiro atoms. The molecule has 0 aromatic carbocycles. The van der Waals surface area contributed by atoms with Gasteiger partial charge in [0.25, 0.3) is 0 Å². The summed E-state index contributed by atoms with van der Waals surface area (Å²) in [7, 11) is 0. The lowest BCUT2D eigenvalue weighted by atomic mass is 10.1. The van der Waals surface area contributed by atoms with Crippen LogP contribution in [0.1, 0.15) is 30.7 Å². The first-order valence-corrected chi connectivity index (χ1v) is 6.06. The maximum absolute atomic E-state index is 5.48. The highest BCUT2D eigenvalue weighted by molar-refractivity contribution is 5.14. The molecule has 2 rings (SSSR count). The predicted octanol–water partition coefficient (Wildman–Crippen LogP) is 2.96. The first-order valence-electron chi connectivity index (χ1n) is 6.06. The summed E-state index contributed by atoms with van der Waals surface area (Å²) in [5.74, 6) is 0.988. The monoisotopic (exact) mass is 230 g/mol. The van der Waals surface area contributed by atoms with E-state index in [0.29, 0.717) is 0 Å². The fraction of sp³-hybridized carbons (Fsp3) is 0.357. The van der Waals surface area contributed by atoms with Crippen molar-refractivity contribution in [1.82, 2.24) is 10.3 Å². The summed E-state index contributed by atoms with van der Waals surface area (Å²) in [4.78, 5) is 4.14. The van der Waals surface area contributed by atoms with Gasteiger partial charge in [-0.05, 0) is 43.1 Å². The number of hydrogen-bond donors (Lipinski definition) is 1. The molecule has 2 aromatic heterocycles. The predicted molar refractivity (Wildman–Crippen MR) is 67.7 cm³/mol. The lowest BCUT2D eigenvalue weighted by Crippen LogP contribution is -2.23. The first kappa shape index (κ1) is 11.9. The summed E-state index contributed by atoms with van der Waals surface area (Å²) in [5, 5.41) is 3.50. The third-order valence-electron chi connectivity index (χ3n) is 2.69. The number of aromatic nitrogens is 1. The quantitative estimate of drug-likeness (QED) is 0.829. The Bertz CT molecular complexity index is 411. The molecule has 0 bridgehead atoms. The van der Waals surface area contributed by atoms with E-state index in [9.17, 15) is 0 Å². The zero-order valence-electron chi connectivity index (χ0n) is 10.1. The molecule has 0 fully saturated rings. The van der Waals surface area contributed by atoms with Gasteiger partial charge in [0.05, 0.1) is 12.3 Å². The highest BCUT2D eigenvalue weighted by Crippen LogP contribution is 2.18. The van der Waals surface area contributed by atoms with Crippen molar-refractivity contribution in [3.05, 3.63) is 54.2 Å². The lowest BCUT2D eigenvalue weighted by molar-refractivity contribution is 0.410. The highest BCUT2D eigenvalue weighted by atomic mass is 16.3.